The number of nitrogens with one attached hydrogen (secondary N) is 1. The maximum Gasteiger partial charge on any atom is 0.123 e. The van der Waals surface area contributed by atoms with Crippen molar-refractivity contribution in [2.24, 2.45) is 0 Å². The van der Waals surface area contributed by atoms with Crippen LogP contribution in [0.2, 0.25) is 0 Å². The van der Waals surface area contributed by atoms with E-state index in [1.54, 1.807) is 23.5 Å². The van der Waals surface area contributed by atoms with Crippen molar-refractivity contribution in [2.45, 2.75) is 19.5 Å². The molecule has 2 rings (SSSR count). The molecule has 1 N–H and O–H groups in total. The molecule has 1 heterocycles. The molecule has 0 saturated carbocycles. The van der Waals surface area contributed by atoms with E-state index in [-0.39, 0.29) is 11.9 Å². The lowest BCUT2D eigenvalue weighted by atomic mass is 10.1. The predicted octanol–water partition coefficient (Wildman–Crippen LogP) is 3.13. The van der Waals surface area contributed by atoms with Gasteiger partial charge < -0.3 is 5.32 Å². The molecule has 0 saturated heterocycles. The van der Waals surface area contributed by atoms with Crippen LogP contribution in [0.3, 0.4) is 0 Å². The Hall–Kier alpha value is -1.26. The normalized spacial score (nSPS) is 12.6. The third-order valence-electron chi connectivity index (χ3n) is 2.44. The second-order valence-electron chi connectivity index (χ2n) is 3.62. The molecule has 0 amide bonds. The number of halogens is 1. The van der Waals surface area contributed by atoms with E-state index >= 15 is 0 Å². The van der Waals surface area contributed by atoms with E-state index in [1.165, 1.54) is 17.0 Å². The second-order valence-corrected chi connectivity index (χ2v) is 4.59. The summed E-state index contributed by atoms with van der Waals surface area (Å²) in [5, 5.41) is 3.37. The van der Waals surface area contributed by atoms with E-state index in [2.05, 4.69) is 17.2 Å². The number of nitrogens with zero attached hydrogens (tertiary/aromatic N) is 1. The van der Waals surface area contributed by atoms with Crippen molar-refractivity contribution in [2.75, 3.05) is 0 Å². The molecule has 4 heteroatoms. The summed E-state index contributed by atoms with van der Waals surface area (Å²) >= 11 is 1.63. The molecule has 0 fully saturated rings. The van der Waals surface area contributed by atoms with Crippen LogP contribution in [0.4, 0.5) is 4.39 Å². The van der Waals surface area contributed by atoms with Crippen molar-refractivity contribution in [3.05, 3.63) is 52.2 Å². The summed E-state index contributed by atoms with van der Waals surface area (Å²) < 4.78 is 12.7. The highest BCUT2D eigenvalue weighted by Crippen LogP contribution is 2.14. The molecule has 1 atom stereocenters. The fourth-order valence-corrected chi connectivity index (χ4v) is 2.00. The van der Waals surface area contributed by atoms with Crippen LogP contribution in [0.25, 0.3) is 0 Å². The van der Waals surface area contributed by atoms with Crippen LogP contribution in [0.5, 0.6) is 0 Å². The van der Waals surface area contributed by atoms with E-state index < -0.39 is 0 Å². The highest BCUT2D eigenvalue weighted by Gasteiger charge is 2.05. The molecule has 2 aromatic rings. The monoisotopic (exact) mass is 236 g/mol. The van der Waals surface area contributed by atoms with Crippen molar-refractivity contribution < 1.29 is 4.39 Å². The fourth-order valence-electron chi connectivity index (χ4n) is 1.45. The summed E-state index contributed by atoms with van der Waals surface area (Å²) in [4.78, 5) is 5.22. The average Bonchev–Trinajstić information content (AvgIpc) is 2.80. The van der Waals surface area contributed by atoms with Crippen molar-refractivity contribution in [1.82, 2.24) is 10.3 Å². The largest absolute Gasteiger partial charge is 0.305 e. The molecule has 16 heavy (non-hydrogen) atoms. The second kappa shape index (κ2) is 5.18. The molecule has 0 bridgehead atoms. The van der Waals surface area contributed by atoms with Gasteiger partial charge in [-0.1, -0.05) is 12.1 Å². The van der Waals surface area contributed by atoms with Gasteiger partial charge in [0.25, 0.3) is 0 Å². The topological polar surface area (TPSA) is 24.9 Å². The minimum absolute atomic E-state index is 0.196. The van der Waals surface area contributed by atoms with Crippen molar-refractivity contribution in [3.8, 4) is 0 Å². The number of hydrogen-bond donors (Lipinski definition) is 1. The minimum atomic E-state index is -0.196. The Kier molecular flexibility index (Phi) is 3.64. The molecule has 1 aromatic heterocycles. The first-order valence-corrected chi connectivity index (χ1v) is 6.00. The van der Waals surface area contributed by atoms with Gasteiger partial charge in [-0.3, -0.25) is 4.98 Å². The summed E-state index contributed by atoms with van der Waals surface area (Å²) in [5.41, 5.74) is 2.91. The molecule has 0 aliphatic heterocycles. The van der Waals surface area contributed by atoms with Gasteiger partial charge in [0.05, 0.1) is 5.51 Å². The lowest BCUT2D eigenvalue weighted by Gasteiger charge is -2.13. The first-order chi connectivity index (χ1) is 7.75. The number of aromatic nitrogens is 1. The minimum Gasteiger partial charge on any atom is -0.305 e. The van der Waals surface area contributed by atoms with Gasteiger partial charge >= 0.3 is 0 Å². The van der Waals surface area contributed by atoms with Crippen LogP contribution in [-0.4, -0.2) is 4.98 Å². The number of benzene rings is 1. The van der Waals surface area contributed by atoms with E-state index in [4.69, 9.17) is 0 Å². The van der Waals surface area contributed by atoms with Crippen LogP contribution in [0.15, 0.2) is 36.0 Å². The number of rotatable bonds is 4. The summed E-state index contributed by atoms with van der Waals surface area (Å²) in [5.74, 6) is -0.196. The number of hydrogen-bond acceptors (Lipinski definition) is 3. The predicted molar refractivity (Wildman–Crippen MR) is 63.8 cm³/mol. The van der Waals surface area contributed by atoms with Gasteiger partial charge in [-0.2, -0.15) is 0 Å². The molecule has 0 aliphatic rings. The standard InChI is InChI=1S/C12H13FN2S/c1-9(10-2-4-11(13)5-3-10)15-7-12-6-14-8-16-12/h2-6,8-9,15H,7H2,1H3/t9-/m0/s1. The molecular formula is C12H13FN2S. The Balaban J connectivity index is 1.93. The van der Waals surface area contributed by atoms with Crippen molar-refractivity contribution in [3.63, 3.8) is 0 Å². The summed E-state index contributed by atoms with van der Waals surface area (Å²) in [6.45, 7) is 2.86. The molecule has 2 nitrogen and oxygen atoms in total. The Labute approximate surface area is 98.2 Å². The first kappa shape index (κ1) is 11.2. The van der Waals surface area contributed by atoms with E-state index in [0.717, 1.165) is 12.1 Å². The maximum absolute atomic E-state index is 12.7. The van der Waals surface area contributed by atoms with Crippen LogP contribution in [0, 0.1) is 5.82 Å². The van der Waals surface area contributed by atoms with Gasteiger partial charge in [-0.15, -0.1) is 11.3 Å². The SMILES string of the molecule is C[C@H](NCc1cncs1)c1ccc(F)cc1. The maximum atomic E-state index is 12.7. The van der Waals surface area contributed by atoms with Gasteiger partial charge in [-0.05, 0) is 24.6 Å². The van der Waals surface area contributed by atoms with Gasteiger partial charge in [-0.25, -0.2) is 4.39 Å². The highest BCUT2D eigenvalue weighted by molar-refractivity contribution is 7.09. The van der Waals surface area contributed by atoms with E-state index in [1.807, 2.05) is 11.7 Å². The summed E-state index contributed by atoms with van der Waals surface area (Å²) in [7, 11) is 0. The molecule has 0 radical (unpaired) electrons. The Morgan fingerprint density at radius 2 is 2.12 bits per heavy atom. The molecule has 1 aromatic carbocycles. The van der Waals surface area contributed by atoms with Gasteiger partial charge in [0.1, 0.15) is 5.82 Å². The zero-order chi connectivity index (χ0) is 11.4. The quantitative estimate of drug-likeness (QED) is 0.882. The van der Waals surface area contributed by atoms with Crippen LogP contribution >= 0.6 is 11.3 Å². The Morgan fingerprint density at radius 3 is 2.75 bits per heavy atom. The Morgan fingerprint density at radius 1 is 1.38 bits per heavy atom. The molecule has 0 unspecified atom stereocenters. The van der Waals surface area contributed by atoms with E-state index in [9.17, 15) is 4.39 Å². The van der Waals surface area contributed by atoms with E-state index in [0.29, 0.717) is 0 Å². The third-order valence-corrected chi connectivity index (χ3v) is 3.22. The highest BCUT2D eigenvalue weighted by atomic mass is 32.1. The number of thiazole rings is 1. The zero-order valence-corrected chi connectivity index (χ0v) is 9.80. The van der Waals surface area contributed by atoms with Crippen LogP contribution in [0.1, 0.15) is 23.4 Å². The van der Waals surface area contributed by atoms with Crippen LogP contribution in [-0.2, 0) is 6.54 Å². The van der Waals surface area contributed by atoms with Gasteiger partial charge in [0, 0.05) is 23.7 Å². The van der Waals surface area contributed by atoms with Crippen molar-refractivity contribution >= 4 is 11.3 Å². The third kappa shape index (κ3) is 2.87. The average molecular weight is 236 g/mol. The Bertz CT molecular complexity index is 425. The van der Waals surface area contributed by atoms with Crippen molar-refractivity contribution in [1.29, 1.82) is 0 Å². The van der Waals surface area contributed by atoms with Crippen LogP contribution < -0.4 is 5.32 Å². The smallest absolute Gasteiger partial charge is 0.123 e. The molecular weight excluding hydrogens is 223 g/mol. The molecule has 0 aliphatic carbocycles. The van der Waals surface area contributed by atoms with Gasteiger partial charge in [0.2, 0.25) is 0 Å². The lowest BCUT2D eigenvalue weighted by Crippen LogP contribution is -2.17. The molecule has 84 valence electrons. The summed E-state index contributed by atoms with van der Waals surface area (Å²) in [6, 6.07) is 6.79. The fraction of sp³-hybridized carbons (Fsp3) is 0.250. The lowest BCUT2D eigenvalue weighted by molar-refractivity contribution is 0.574. The molecule has 0 spiro atoms. The summed E-state index contributed by atoms with van der Waals surface area (Å²) in [6.07, 6.45) is 1.86. The first-order valence-electron chi connectivity index (χ1n) is 5.12. The van der Waals surface area contributed by atoms with Gasteiger partial charge in [0.15, 0.2) is 0 Å². The zero-order valence-electron chi connectivity index (χ0n) is 8.98.